The van der Waals surface area contributed by atoms with E-state index in [-0.39, 0.29) is 23.9 Å². The Balaban J connectivity index is 2.00. The van der Waals surface area contributed by atoms with E-state index in [1.165, 1.54) is 12.3 Å². The molecular formula is C12H16N2O4. The van der Waals surface area contributed by atoms with E-state index in [1.807, 2.05) is 0 Å². The van der Waals surface area contributed by atoms with Crippen LogP contribution in [0.3, 0.4) is 0 Å². The third-order valence-corrected chi connectivity index (χ3v) is 3.04. The number of aromatic nitrogens is 2. The number of methoxy groups -OCH3 is 1. The number of ether oxygens (including phenoxy) is 2. The minimum atomic E-state index is -1.08. The van der Waals surface area contributed by atoms with Crippen LogP contribution in [0.25, 0.3) is 0 Å². The predicted molar refractivity (Wildman–Crippen MR) is 62.7 cm³/mol. The third-order valence-electron chi connectivity index (χ3n) is 3.04. The molecule has 2 atom stereocenters. The van der Waals surface area contributed by atoms with Gasteiger partial charge in [-0.25, -0.2) is 9.78 Å². The summed E-state index contributed by atoms with van der Waals surface area (Å²) in [6.45, 7) is 0. The lowest BCUT2D eigenvalue weighted by Crippen LogP contribution is -2.30. The third kappa shape index (κ3) is 3.16. The number of aromatic carboxylic acids is 1. The van der Waals surface area contributed by atoms with Gasteiger partial charge in [0.15, 0.2) is 5.69 Å². The topological polar surface area (TPSA) is 81.5 Å². The first-order valence-electron chi connectivity index (χ1n) is 5.95. The Kier molecular flexibility index (Phi) is 4.09. The van der Waals surface area contributed by atoms with Crippen molar-refractivity contribution in [3.63, 3.8) is 0 Å². The summed E-state index contributed by atoms with van der Waals surface area (Å²) >= 11 is 0. The normalized spacial score (nSPS) is 23.6. The second-order valence-corrected chi connectivity index (χ2v) is 4.29. The fourth-order valence-corrected chi connectivity index (χ4v) is 2.09. The smallest absolute Gasteiger partial charge is 0.354 e. The van der Waals surface area contributed by atoms with Gasteiger partial charge in [0.2, 0.25) is 0 Å². The lowest BCUT2D eigenvalue weighted by Gasteiger charge is -2.27. The van der Waals surface area contributed by atoms with Crippen molar-refractivity contribution in [1.29, 1.82) is 0 Å². The van der Waals surface area contributed by atoms with Crippen LogP contribution in [0.15, 0.2) is 12.3 Å². The molecule has 1 aromatic heterocycles. The van der Waals surface area contributed by atoms with Gasteiger partial charge >= 0.3 is 12.0 Å². The molecule has 1 aliphatic carbocycles. The molecule has 2 unspecified atom stereocenters. The molecule has 1 aromatic rings. The van der Waals surface area contributed by atoms with E-state index in [0.29, 0.717) is 0 Å². The molecule has 0 spiro atoms. The number of nitrogens with zero attached hydrogens (tertiary/aromatic N) is 2. The Labute approximate surface area is 105 Å². The van der Waals surface area contributed by atoms with Crippen molar-refractivity contribution in [1.82, 2.24) is 9.97 Å². The van der Waals surface area contributed by atoms with Crippen LogP contribution in [-0.2, 0) is 4.74 Å². The van der Waals surface area contributed by atoms with Crippen molar-refractivity contribution in [2.24, 2.45) is 0 Å². The van der Waals surface area contributed by atoms with Gasteiger partial charge in [-0.2, -0.15) is 4.98 Å². The molecule has 2 rings (SSSR count). The van der Waals surface area contributed by atoms with Gasteiger partial charge in [-0.15, -0.1) is 0 Å². The van der Waals surface area contributed by atoms with Crippen molar-refractivity contribution in [2.45, 2.75) is 37.9 Å². The molecule has 6 heteroatoms. The molecule has 1 N–H and O–H groups in total. The molecule has 0 aromatic carbocycles. The molecule has 0 saturated heterocycles. The highest BCUT2D eigenvalue weighted by molar-refractivity contribution is 5.85. The second-order valence-electron chi connectivity index (χ2n) is 4.29. The molecule has 0 amide bonds. The Morgan fingerprint density at radius 1 is 1.44 bits per heavy atom. The molecule has 1 aliphatic rings. The lowest BCUT2D eigenvalue weighted by molar-refractivity contribution is 0.0177. The predicted octanol–water partition coefficient (Wildman–Crippen LogP) is 1.51. The number of carboxylic acid groups (broad SMARTS) is 1. The molecule has 18 heavy (non-hydrogen) atoms. The van der Waals surface area contributed by atoms with E-state index in [9.17, 15) is 4.79 Å². The van der Waals surface area contributed by atoms with Gasteiger partial charge in [0.05, 0.1) is 6.10 Å². The number of rotatable bonds is 4. The lowest BCUT2D eigenvalue weighted by atomic mass is 9.95. The van der Waals surface area contributed by atoms with Gasteiger partial charge in [0.25, 0.3) is 0 Å². The minimum absolute atomic E-state index is 0.00672. The second kappa shape index (κ2) is 5.77. The maximum atomic E-state index is 10.8. The van der Waals surface area contributed by atoms with Crippen molar-refractivity contribution in [3.05, 3.63) is 18.0 Å². The highest BCUT2D eigenvalue weighted by Crippen LogP contribution is 2.23. The summed E-state index contributed by atoms with van der Waals surface area (Å²) in [5.74, 6) is -1.08. The zero-order valence-electron chi connectivity index (χ0n) is 10.2. The van der Waals surface area contributed by atoms with Crippen LogP contribution < -0.4 is 4.74 Å². The average molecular weight is 252 g/mol. The van der Waals surface area contributed by atoms with E-state index >= 15 is 0 Å². The standard InChI is InChI=1S/C12H16N2O4/c1-17-8-3-2-4-9(7-8)18-12-13-6-5-10(14-12)11(15)16/h5-6,8-9H,2-4,7H2,1H3,(H,15,16). The highest BCUT2D eigenvalue weighted by atomic mass is 16.5. The summed E-state index contributed by atoms with van der Waals surface area (Å²) in [6.07, 6.45) is 5.35. The van der Waals surface area contributed by atoms with Crippen molar-refractivity contribution in [3.8, 4) is 6.01 Å². The van der Waals surface area contributed by atoms with Gasteiger partial charge in [-0.3, -0.25) is 0 Å². The molecule has 1 saturated carbocycles. The first-order chi connectivity index (χ1) is 8.69. The summed E-state index contributed by atoms with van der Waals surface area (Å²) in [6, 6.07) is 1.46. The van der Waals surface area contributed by atoms with E-state index in [4.69, 9.17) is 14.6 Å². The minimum Gasteiger partial charge on any atom is -0.477 e. The SMILES string of the molecule is COC1CCCC(Oc2nccc(C(=O)O)n2)C1. The van der Waals surface area contributed by atoms with E-state index in [2.05, 4.69) is 9.97 Å². The first-order valence-corrected chi connectivity index (χ1v) is 5.95. The first kappa shape index (κ1) is 12.8. The summed E-state index contributed by atoms with van der Waals surface area (Å²) in [7, 11) is 1.69. The van der Waals surface area contributed by atoms with Crippen LogP contribution >= 0.6 is 0 Å². The van der Waals surface area contributed by atoms with E-state index < -0.39 is 5.97 Å². The van der Waals surface area contributed by atoms with Crippen molar-refractivity contribution >= 4 is 5.97 Å². The summed E-state index contributed by atoms with van der Waals surface area (Å²) in [5.41, 5.74) is -0.0564. The molecule has 98 valence electrons. The largest absolute Gasteiger partial charge is 0.477 e. The summed E-state index contributed by atoms with van der Waals surface area (Å²) in [4.78, 5) is 18.6. The van der Waals surface area contributed by atoms with Crippen LogP contribution in [0, 0.1) is 0 Å². The van der Waals surface area contributed by atoms with Crippen LogP contribution in [-0.4, -0.2) is 40.4 Å². The maximum Gasteiger partial charge on any atom is 0.354 e. The molecule has 6 nitrogen and oxygen atoms in total. The summed E-state index contributed by atoms with van der Waals surface area (Å²) < 4.78 is 10.9. The van der Waals surface area contributed by atoms with Crippen LogP contribution in [0.2, 0.25) is 0 Å². The Morgan fingerprint density at radius 2 is 2.22 bits per heavy atom. The quantitative estimate of drug-likeness (QED) is 0.874. The summed E-state index contributed by atoms with van der Waals surface area (Å²) in [5, 5.41) is 8.83. The molecule has 0 radical (unpaired) electrons. The number of carbonyl (C=O) groups is 1. The van der Waals surface area contributed by atoms with Gasteiger partial charge in [0.1, 0.15) is 6.10 Å². The average Bonchev–Trinajstić information content (AvgIpc) is 2.39. The van der Waals surface area contributed by atoms with Crippen molar-refractivity contribution < 1.29 is 19.4 Å². The van der Waals surface area contributed by atoms with Crippen LogP contribution in [0.5, 0.6) is 6.01 Å². The number of hydrogen-bond donors (Lipinski definition) is 1. The van der Waals surface area contributed by atoms with Gasteiger partial charge in [0, 0.05) is 19.7 Å². The van der Waals surface area contributed by atoms with Gasteiger partial charge < -0.3 is 14.6 Å². The number of carboxylic acids is 1. The Hall–Kier alpha value is -1.69. The van der Waals surface area contributed by atoms with Crippen LogP contribution in [0.4, 0.5) is 0 Å². The number of hydrogen-bond acceptors (Lipinski definition) is 5. The molecule has 0 aliphatic heterocycles. The molecule has 1 heterocycles. The maximum absolute atomic E-state index is 10.8. The zero-order valence-corrected chi connectivity index (χ0v) is 10.2. The monoisotopic (exact) mass is 252 g/mol. The zero-order chi connectivity index (χ0) is 13.0. The molecule has 1 fully saturated rings. The van der Waals surface area contributed by atoms with Crippen molar-refractivity contribution in [2.75, 3.05) is 7.11 Å². The molecule has 0 bridgehead atoms. The van der Waals surface area contributed by atoms with E-state index in [0.717, 1.165) is 25.7 Å². The Morgan fingerprint density at radius 3 is 2.94 bits per heavy atom. The van der Waals surface area contributed by atoms with Crippen LogP contribution in [0.1, 0.15) is 36.2 Å². The highest BCUT2D eigenvalue weighted by Gasteiger charge is 2.24. The van der Waals surface area contributed by atoms with Gasteiger partial charge in [-0.05, 0) is 25.3 Å². The fourth-order valence-electron chi connectivity index (χ4n) is 2.09. The Bertz CT molecular complexity index is 424. The van der Waals surface area contributed by atoms with Gasteiger partial charge in [-0.1, -0.05) is 0 Å². The fraction of sp³-hybridized carbons (Fsp3) is 0.583. The molecular weight excluding hydrogens is 236 g/mol. The van der Waals surface area contributed by atoms with E-state index in [1.54, 1.807) is 7.11 Å².